The highest BCUT2D eigenvalue weighted by molar-refractivity contribution is 5.90. The van der Waals surface area contributed by atoms with Crippen LogP contribution in [0.2, 0.25) is 0 Å². The number of carboxylic acid groups (broad SMARTS) is 1. The van der Waals surface area contributed by atoms with Crippen LogP contribution in [0.1, 0.15) is 263 Å². The summed E-state index contributed by atoms with van der Waals surface area (Å²) >= 11 is 0. The molecule has 2 fully saturated rings. The number of ether oxygens (including phenoxy) is 6. The van der Waals surface area contributed by atoms with Crippen molar-refractivity contribution in [1.29, 1.82) is 0 Å². The Morgan fingerprint density at radius 2 is 0.858 bits per heavy atom. The fourth-order valence-corrected chi connectivity index (χ4v) is 18.5. The van der Waals surface area contributed by atoms with E-state index in [1.807, 2.05) is 206 Å². The minimum Gasteiger partial charge on any atom is -0.480 e. The number of aliphatic hydroxyl groups excluding tert-OH is 2. The third-order valence-corrected chi connectivity index (χ3v) is 25.9. The van der Waals surface area contributed by atoms with Gasteiger partial charge in [-0.3, -0.25) is 67.7 Å². The molecular formula is C104H171N11O19. The molecule has 134 heavy (non-hydrogen) atoms. The summed E-state index contributed by atoms with van der Waals surface area (Å²) in [6, 6.07) is 21.6. The van der Waals surface area contributed by atoms with Crippen molar-refractivity contribution in [2.75, 3.05) is 69.7 Å². The molecule has 2 aliphatic rings. The van der Waals surface area contributed by atoms with Crippen LogP contribution in [0, 0.1) is 53.3 Å². The minimum atomic E-state index is -0.894. The topological polar surface area (TPSA) is 382 Å². The number of hydrogen-bond acceptors (Lipinski definition) is 23. The molecule has 4 aromatic rings. The lowest BCUT2D eigenvalue weighted by molar-refractivity contribution is -0.155. The maximum atomic E-state index is 14.7. The van der Waals surface area contributed by atoms with E-state index < -0.39 is 108 Å². The molecule has 0 unspecified atom stereocenters. The summed E-state index contributed by atoms with van der Waals surface area (Å²) in [7, 11) is 13.5. The van der Waals surface area contributed by atoms with Gasteiger partial charge in [0.05, 0.1) is 134 Å². The lowest BCUT2D eigenvalue weighted by Crippen LogP contribution is -2.56. The molecule has 0 bridgehead atoms. The van der Waals surface area contributed by atoms with Crippen molar-refractivity contribution in [1.82, 2.24) is 50.0 Å². The third kappa shape index (κ3) is 36.3. The number of nitrogens with one attached hydrogen (secondary N) is 2. The molecule has 6 rings (SSSR count). The van der Waals surface area contributed by atoms with Crippen molar-refractivity contribution in [3.8, 4) is 0 Å². The minimum absolute atomic E-state index is 0. The molecule has 30 nitrogen and oxygen atoms in total. The lowest BCUT2D eigenvalue weighted by atomic mass is 9.83. The predicted octanol–water partition coefficient (Wildman–Crippen LogP) is 13.1. The number of methoxy groups -OCH3 is 4. The van der Waals surface area contributed by atoms with E-state index in [-0.39, 0.29) is 146 Å². The van der Waals surface area contributed by atoms with Crippen LogP contribution in [0.3, 0.4) is 0 Å². The van der Waals surface area contributed by atoms with Crippen LogP contribution >= 0.6 is 0 Å². The smallest absolute Gasteiger partial charge is 0.321 e. The largest absolute Gasteiger partial charge is 0.480 e. The summed E-state index contributed by atoms with van der Waals surface area (Å²) in [6.07, 6.45) is 3.94. The number of benzene rings is 2. The van der Waals surface area contributed by atoms with Gasteiger partial charge in [-0.2, -0.15) is 0 Å². The number of amides is 6. The molecule has 30 heteroatoms. The van der Waals surface area contributed by atoms with Crippen LogP contribution in [0.25, 0.3) is 0 Å². The summed E-state index contributed by atoms with van der Waals surface area (Å²) in [5, 5.41) is 36.9. The van der Waals surface area contributed by atoms with Gasteiger partial charge in [0.2, 0.25) is 35.4 Å². The van der Waals surface area contributed by atoms with Crippen molar-refractivity contribution in [3.05, 3.63) is 131 Å². The average molecular weight is 1880 g/mol. The summed E-state index contributed by atoms with van der Waals surface area (Å²) in [6.45, 7) is 43.7. The van der Waals surface area contributed by atoms with Crippen LogP contribution in [0.15, 0.2) is 97.3 Å². The van der Waals surface area contributed by atoms with Crippen LogP contribution in [0.5, 0.6) is 0 Å². The molecular weight excluding hydrogens is 1710 g/mol. The van der Waals surface area contributed by atoms with Gasteiger partial charge in [0, 0.05) is 93.4 Å². The van der Waals surface area contributed by atoms with Crippen molar-refractivity contribution >= 4 is 59.1 Å². The number of carbonyl (C=O) groups excluding carboxylic acids is 9. The van der Waals surface area contributed by atoms with E-state index in [4.69, 9.17) is 34.2 Å². The van der Waals surface area contributed by atoms with Crippen molar-refractivity contribution in [3.63, 3.8) is 0 Å². The number of nitrogens with two attached hydrogens (primary N) is 1. The fourth-order valence-electron chi connectivity index (χ4n) is 18.5. The monoisotopic (exact) mass is 1880 g/mol. The number of Topliss-reactive ketones (excluding diaryl/α,β-unsaturated/α-hetero) is 1. The standard InChI is InChI=1S/C52H83N5O9.C33H56N4O6.C18H28N2O4.CH4/c1-16-34(6)47(43(64-14)30-44(59)57-26-20-23-41(57)49(65-15)35(7)50(62)54-36(8)48(61)38-21-18-17-19-22-38)56(13)51(63)40(32(2)3)29-42(58)46(33(4)5)55(12)31-37-24-25-53-39(27-37)28-45(60)66-52(9,10)11;1-10-21(4)29(36(7)33(41)28(34)20(2)3)26(42-8)19-27(38)37-18-14-17-25(37)31(43-9)22(5)32(40)35-23(6)30(39)24-15-12-11-13-16-24;1-12(2)16(17(22)23)20(6)11-13-7-8-19-14(9-13)10-15(21)24-18(3,4)5;/h17-19,21-22,24-25,27,32-36,40-41,43,46-49,61H,16,20,23,26,28-31H2,1-15H3,(H,54,62);11-13,15-16,20-23,25-26,28-31,39H,10,14,17-19,34H2,1-9H3,(H,35,40);7-9,12,16H,10-11H2,1-6H3,(H,22,23);1H4/t34-,35+,36+,40-,41-,43+,46-,47-,48+,49+;21-,22+,23+,25-,26+,28-,29-,30+,31+;16-;/m000./s1. The molecule has 2 aromatic heterocycles. The molecule has 2 aliphatic heterocycles. The number of hydrogen-bond donors (Lipinski definition) is 6. The highest BCUT2D eigenvalue weighted by Gasteiger charge is 2.47. The second kappa shape index (κ2) is 56.8. The molecule has 6 amide bonds. The Kier molecular flexibility index (Phi) is 50.7. The summed E-state index contributed by atoms with van der Waals surface area (Å²) in [4.78, 5) is 153. The van der Waals surface area contributed by atoms with E-state index in [0.717, 1.165) is 42.4 Å². The highest BCUT2D eigenvalue weighted by Crippen LogP contribution is 2.35. The van der Waals surface area contributed by atoms with Crippen LogP contribution in [0.4, 0.5) is 0 Å². The van der Waals surface area contributed by atoms with Crippen molar-refractivity contribution in [2.45, 2.75) is 346 Å². The zero-order valence-corrected chi connectivity index (χ0v) is 85.7. The highest BCUT2D eigenvalue weighted by atomic mass is 16.6. The molecule has 0 saturated carbocycles. The molecule has 756 valence electrons. The van der Waals surface area contributed by atoms with E-state index in [1.165, 1.54) is 0 Å². The van der Waals surface area contributed by atoms with E-state index >= 15 is 0 Å². The van der Waals surface area contributed by atoms with Gasteiger partial charge in [-0.05, 0) is 177 Å². The third-order valence-electron chi connectivity index (χ3n) is 25.9. The van der Waals surface area contributed by atoms with Crippen LogP contribution in [-0.2, 0) is 102 Å². The van der Waals surface area contributed by atoms with Gasteiger partial charge >= 0.3 is 17.9 Å². The van der Waals surface area contributed by atoms with E-state index in [1.54, 1.807) is 109 Å². The number of pyridine rings is 2. The maximum Gasteiger partial charge on any atom is 0.321 e. The second-order valence-electron chi connectivity index (χ2n) is 40.2. The number of carboxylic acids is 1. The number of likely N-dealkylation sites (tertiary alicyclic amines) is 2. The Hall–Kier alpha value is -8.72. The first kappa shape index (κ1) is 119. The Labute approximate surface area is 802 Å². The Balaban J connectivity index is 0.000000579. The molecule has 2 saturated heterocycles. The first-order valence-electron chi connectivity index (χ1n) is 47.8. The normalized spacial score (nSPS) is 18.2. The molecule has 2 aromatic carbocycles. The molecule has 0 spiro atoms. The molecule has 0 aliphatic carbocycles. The number of aliphatic hydroxyl groups is 2. The van der Waals surface area contributed by atoms with E-state index in [0.29, 0.717) is 56.0 Å². The first-order chi connectivity index (χ1) is 62.2. The van der Waals surface area contributed by atoms with Crippen LogP contribution < -0.4 is 16.4 Å². The van der Waals surface area contributed by atoms with Gasteiger partial charge < -0.3 is 79.7 Å². The fraction of sp³-hybridized carbons (Fsp3) is 0.692. The van der Waals surface area contributed by atoms with Gasteiger partial charge in [0.1, 0.15) is 17.2 Å². The Morgan fingerprint density at radius 3 is 1.17 bits per heavy atom. The number of nitrogens with zero attached hydrogens (tertiary/aromatic N) is 8. The number of likely N-dealkylation sites (N-methyl/N-ethyl adjacent to an activating group) is 4. The van der Waals surface area contributed by atoms with E-state index in [2.05, 4.69) is 41.4 Å². The van der Waals surface area contributed by atoms with Crippen molar-refractivity contribution in [2.24, 2.45) is 59.0 Å². The lowest BCUT2D eigenvalue weighted by Gasteiger charge is -2.41. The summed E-state index contributed by atoms with van der Waals surface area (Å²) in [5.41, 5.74) is 9.53. The Bertz CT molecular complexity index is 4260. The number of esters is 2. The van der Waals surface area contributed by atoms with Crippen LogP contribution in [-0.4, -0.2) is 274 Å². The van der Waals surface area contributed by atoms with Crippen molar-refractivity contribution < 1.29 is 91.7 Å². The van der Waals surface area contributed by atoms with Gasteiger partial charge in [0.15, 0.2) is 5.78 Å². The average Bonchev–Trinajstić information content (AvgIpc) is 1.79. The summed E-state index contributed by atoms with van der Waals surface area (Å²) < 4.78 is 34.6. The molecule has 20 atom stereocenters. The SMILES string of the molecule is C.CC(C)[C@@H](C(=O)O)N(C)Cc1ccnc(CC(=O)OC(C)(C)C)c1.CC[C@H](C)[C@@H]([C@@H](CC(=O)N1CCC[C@H]1[C@H](OC)[C@@H](C)C(=O)N[C@H](C)[C@@H](O)c1ccccc1)OC)N(C)C(=O)[C@@H](CC(=O)[C@H](C(C)C)N(C)Cc1ccnc(CC(=O)OC(C)(C)C)c1)C(C)C.CC[C@H](C)[C@@H]([C@@H](CC(=O)N1CCC[C@H]1[C@H](OC)[C@@H](C)C(=O)N[C@H](C)[C@@H](O)c1ccccc1)OC)N(C)C(=O)[C@@H](N)C(C)C. The molecule has 7 N–H and O–H groups in total. The molecule has 4 heterocycles. The molecule has 0 radical (unpaired) electrons. The van der Waals surface area contributed by atoms with Gasteiger partial charge in [-0.15, -0.1) is 0 Å². The number of aliphatic carboxylic acids is 1. The first-order valence-corrected chi connectivity index (χ1v) is 47.8. The maximum absolute atomic E-state index is 14.7. The zero-order chi connectivity index (χ0) is 101. The predicted molar refractivity (Wildman–Crippen MR) is 523 cm³/mol. The van der Waals surface area contributed by atoms with Gasteiger partial charge in [-0.25, -0.2) is 0 Å². The zero-order valence-electron chi connectivity index (χ0n) is 85.7. The number of carbonyl (C=O) groups is 10. The second-order valence-corrected chi connectivity index (χ2v) is 40.2. The Morgan fingerprint density at radius 1 is 0.500 bits per heavy atom. The van der Waals surface area contributed by atoms with E-state index in [9.17, 15) is 63.3 Å². The quantitative estimate of drug-likeness (QED) is 0.0224. The number of aromatic nitrogens is 2. The van der Waals surface area contributed by atoms with Gasteiger partial charge in [-0.1, -0.05) is 178 Å². The summed E-state index contributed by atoms with van der Waals surface area (Å²) in [5.74, 6) is -4.69. The number of rotatable bonds is 48. The number of ketones is 1. The van der Waals surface area contributed by atoms with Gasteiger partial charge in [0.25, 0.3) is 0 Å².